The van der Waals surface area contributed by atoms with Crippen molar-refractivity contribution >= 4 is 31.9 Å². The molecule has 0 bridgehead atoms. The Kier molecular flexibility index (Phi) is 2.51. The summed E-state index contributed by atoms with van der Waals surface area (Å²) in [7, 11) is 0. The van der Waals surface area contributed by atoms with E-state index in [9.17, 15) is 0 Å². The Labute approximate surface area is 92.2 Å². The van der Waals surface area contributed by atoms with Gasteiger partial charge in [-0.25, -0.2) is 0 Å². The summed E-state index contributed by atoms with van der Waals surface area (Å²) in [4.78, 5) is 4.24. The van der Waals surface area contributed by atoms with Crippen LogP contribution >= 0.6 is 31.9 Å². The van der Waals surface area contributed by atoms with Crippen molar-refractivity contribution in [2.75, 3.05) is 0 Å². The monoisotopic (exact) mass is 301 g/mol. The summed E-state index contributed by atoms with van der Waals surface area (Å²) in [5.41, 5.74) is 1.87. The maximum absolute atomic E-state index is 4.97. The van der Waals surface area contributed by atoms with Crippen LogP contribution in [0.25, 0.3) is 11.3 Å². The molecule has 0 spiro atoms. The first-order valence-electron chi connectivity index (χ1n) is 3.61. The number of rotatable bonds is 1. The van der Waals surface area contributed by atoms with E-state index in [4.69, 9.17) is 4.42 Å². The van der Waals surface area contributed by atoms with E-state index in [-0.39, 0.29) is 0 Å². The molecular weight excluding hydrogens is 298 g/mol. The maximum Gasteiger partial charge on any atom is 0.0996 e. The summed E-state index contributed by atoms with van der Waals surface area (Å²) in [5.74, 6) is 0. The first kappa shape index (κ1) is 8.97. The number of pyridine rings is 1. The zero-order valence-electron chi connectivity index (χ0n) is 6.50. The average Bonchev–Trinajstić information content (AvgIpc) is 2.62. The van der Waals surface area contributed by atoms with Crippen LogP contribution in [0.3, 0.4) is 0 Å². The molecule has 4 heteroatoms. The van der Waals surface area contributed by atoms with Gasteiger partial charge in [0.05, 0.1) is 22.7 Å². The molecule has 2 rings (SSSR count). The van der Waals surface area contributed by atoms with Crippen LogP contribution in [0.4, 0.5) is 0 Å². The smallest absolute Gasteiger partial charge is 0.0996 e. The van der Waals surface area contributed by atoms with Gasteiger partial charge in [-0.2, -0.15) is 0 Å². The van der Waals surface area contributed by atoms with E-state index in [1.165, 1.54) is 0 Å². The van der Waals surface area contributed by atoms with Crippen LogP contribution in [0.15, 0.2) is 44.2 Å². The molecule has 0 saturated heterocycles. The quantitative estimate of drug-likeness (QED) is 0.799. The van der Waals surface area contributed by atoms with Gasteiger partial charge in [-0.05, 0) is 44.0 Å². The number of furan rings is 1. The summed E-state index contributed by atoms with van der Waals surface area (Å²) in [6, 6.07) is 3.82. The van der Waals surface area contributed by atoms with Crippen molar-refractivity contribution in [1.82, 2.24) is 4.98 Å². The number of hydrogen-bond acceptors (Lipinski definition) is 2. The Morgan fingerprint density at radius 2 is 2.08 bits per heavy atom. The van der Waals surface area contributed by atoms with E-state index in [1.807, 2.05) is 12.1 Å². The molecule has 0 aliphatic carbocycles. The van der Waals surface area contributed by atoms with E-state index in [0.717, 1.165) is 20.2 Å². The van der Waals surface area contributed by atoms with Gasteiger partial charge in [0.15, 0.2) is 0 Å². The molecule has 0 amide bonds. The topological polar surface area (TPSA) is 26.0 Å². The second-order valence-corrected chi connectivity index (χ2v) is 4.20. The molecule has 0 radical (unpaired) electrons. The van der Waals surface area contributed by atoms with Gasteiger partial charge in [0.25, 0.3) is 0 Å². The highest BCUT2D eigenvalue weighted by Crippen LogP contribution is 2.26. The van der Waals surface area contributed by atoms with Gasteiger partial charge in [-0.1, -0.05) is 0 Å². The van der Waals surface area contributed by atoms with E-state index in [0.29, 0.717) is 0 Å². The van der Waals surface area contributed by atoms with Crippen molar-refractivity contribution in [3.63, 3.8) is 0 Å². The molecule has 0 atom stereocenters. The molecule has 2 nitrogen and oxygen atoms in total. The molecule has 2 aromatic heterocycles. The van der Waals surface area contributed by atoms with Gasteiger partial charge in [-0.3, -0.25) is 4.98 Å². The van der Waals surface area contributed by atoms with E-state index < -0.39 is 0 Å². The summed E-state index contributed by atoms with van der Waals surface area (Å²) in [6.07, 6.45) is 5.06. The van der Waals surface area contributed by atoms with Crippen molar-refractivity contribution in [3.8, 4) is 11.3 Å². The van der Waals surface area contributed by atoms with Crippen molar-refractivity contribution < 1.29 is 4.42 Å². The van der Waals surface area contributed by atoms with Crippen molar-refractivity contribution in [2.45, 2.75) is 0 Å². The molecule has 0 unspecified atom stereocenters. The first-order valence-corrected chi connectivity index (χ1v) is 5.19. The largest absolute Gasteiger partial charge is 0.472 e. The van der Waals surface area contributed by atoms with Crippen molar-refractivity contribution in [2.24, 2.45) is 0 Å². The van der Waals surface area contributed by atoms with Crippen molar-refractivity contribution in [1.29, 1.82) is 0 Å². The van der Waals surface area contributed by atoms with Crippen LogP contribution in [0.2, 0.25) is 0 Å². The average molecular weight is 303 g/mol. The molecule has 2 heterocycles. The Morgan fingerprint density at radius 3 is 2.69 bits per heavy atom. The normalized spacial score (nSPS) is 10.3. The fourth-order valence-corrected chi connectivity index (χ4v) is 1.52. The molecule has 2 aromatic rings. The van der Waals surface area contributed by atoms with Gasteiger partial charge in [0.2, 0.25) is 0 Å². The number of halogens is 2. The maximum atomic E-state index is 4.97. The molecule has 0 aromatic carbocycles. The highest BCUT2D eigenvalue weighted by molar-refractivity contribution is 9.13. The van der Waals surface area contributed by atoms with Crippen LogP contribution in [0, 0.1) is 0 Å². The zero-order valence-corrected chi connectivity index (χ0v) is 9.67. The van der Waals surface area contributed by atoms with Gasteiger partial charge in [-0.15, -0.1) is 0 Å². The molecule has 13 heavy (non-hydrogen) atoms. The number of nitrogens with zero attached hydrogens (tertiary/aromatic N) is 1. The van der Waals surface area contributed by atoms with Gasteiger partial charge in [0.1, 0.15) is 0 Å². The highest BCUT2D eigenvalue weighted by atomic mass is 79.9. The number of aromatic nitrogens is 1. The second kappa shape index (κ2) is 3.64. The Hall–Kier alpha value is -0.610. The number of hydrogen-bond donors (Lipinski definition) is 0. The molecule has 0 fully saturated rings. The Morgan fingerprint density at radius 1 is 1.23 bits per heavy atom. The lowest BCUT2D eigenvalue weighted by Gasteiger charge is -1.98. The molecule has 0 N–H and O–H groups in total. The van der Waals surface area contributed by atoms with Gasteiger partial charge in [0, 0.05) is 16.2 Å². The summed E-state index contributed by atoms with van der Waals surface area (Å²) in [6.45, 7) is 0. The summed E-state index contributed by atoms with van der Waals surface area (Å²) in [5, 5.41) is 0. The third-order valence-corrected chi connectivity index (χ3v) is 3.45. The van der Waals surface area contributed by atoms with Crippen molar-refractivity contribution in [3.05, 3.63) is 39.8 Å². The van der Waals surface area contributed by atoms with Gasteiger partial charge >= 0.3 is 0 Å². The lowest BCUT2D eigenvalue weighted by molar-refractivity contribution is 0.568. The van der Waals surface area contributed by atoms with E-state index >= 15 is 0 Å². The highest BCUT2D eigenvalue weighted by Gasteiger charge is 2.03. The van der Waals surface area contributed by atoms with E-state index in [1.54, 1.807) is 18.7 Å². The fourth-order valence-electron chi connectivity index (χ4n) is 0.982. The van der Waals surface area contributed by atoms with Crippen LogP contribution in [0.5, 0.6) is 0 Å². The minimum absolute atomic E-state index is 0.892. The van der Waals surface area contributed by atoms with Crippen LogP contribution < -0.4 is 0 Å². The summed E-state index contributed by atoms with van der Waals surface area (Å²) < 4.78 is 6.90. The van der Waals surface area contributed by atoms with E-state index in [2.05, 4.69) is 36.8 Å². The predicted octanol–water partition coefficient (Wildman–Crippen LogP) is 3.87. The molecular formula is C9H5Br2NO. The molecule has 0 aliphatic rings. The zero-order chi connectivity index (χ0) is 9.26. The minimum Gasteiger partial charge on any atom is -0.472 e. The second-order valence-electron chi connectivity index (χ2n) is 2.50. The predicted molar refractivity (Wildman–Crippen MR) is 57.3 cm³/mol. The third kappa shape index (κ3) is 1.84. The lowest BCUT2D eigenvalue weighted by atomic mass is 10.2. The fraction of sp³-hybridized carbons (Fsp3) is 0. The van der Waals surface area contributed by atoms with Crippen LogP contribution in [0.1, 0.15) is 0 Å². The standard InChI is InChI=1S/C9H5Br2NO/c10-7-3-9(12-4-8(7)11)6-1-2-13-5-6/h1-5H. The SMILES string of the molecule is Brc1cnc(-c2ccoc2)cc1Br. The molecule has 66 valence electrons. The van der Waals surface area contributed by atoms with Gasteiger partial charge < -0.3 is 4.42 Å². The van der Waals surface area contributed by atoms with Crippen LogP contribution in [-0.2, 0) is 0 Å². The van der Waals surface area contributed by atoms with Crippen LogP contribution in [-0.4, -0.2) is 4.98 Å². The summed E-state index contributed by atoms with van der Waals surface area (Å²) >= 11 is 6.77. The molecule has 0 aliphatic heterocycles. The minimum atomic E-state index is 0.892. The molecule has 0 saturated carbocycles. The first-order chi connectivity index (χ1) is 6.27. The lowest BCUT2D eigenvalue weighted by Crippen LogP contribution is -1.81. The third-order valence-electron chi connectivity index (χ3n) is 1.63. The Balaban J connectivity index is 2.49. The Bertz CT molecular complexity index is 412.